The standard InChI is InChI=1S/C24H26Cl2F4N4O4/c1-22(21(37)38)4-2-13(3-5-22)34-19(24(28,29)30)14(8-32-34)20(36)33(12-23(27)6-7-23)11-17(35)18-15(25)9-31-10-16(18)26/h8-10,13,17,35H,2-7,11-12H2,1H3,(H,37,38)/t13?,17-,22?/m0/s1. The zero-order chi connectivity index (χ0) is 28.0. The third-order valence-electron chi connectivity index (χ3n) is 7.39. The number of carboxylic acids is 1. The molecule has 0 aliphatic heterocycles. The number of nitrogens with zero attached hydrogens (tertiary/aromatic N) is 4. The third kappa shape index (κ3) is 5.76. The lowest BCUT2D eigenvalue weighted by atomic mass is 9.74. The minimum Gasteiger partial charge on any atom is -0.481 e. The summed E-state index contributed by atoms with van der Waals surface area (Å²) in [6.07, 6.45) is -2.52. The second-order valence-corrected chi connectivity index (χ2v) is 11.1. The molecule has 2 aliphatic rings. The quantitative estimate of drug-likeness (QED) is 0.400. The van der Waals surface area contributed by atoms with E-state index in [1.807, 2.05) is 0 Å². The molecule has 2 aromatic rings. The van der Waals surface area contributed by atoms with Gasteiger partial charge >= 0.3 is 12.1 Å². The summed E-state index contributed by atoms with van der Waals surface area (Å²) in [5, 5.41) is 24.1. The van der Waals surface area contributed by atoms with E-state index < -0.39 is 65.6 Å². The fourth-order valence-electron chi connectivity index (χ4n) is 4.84. The van der Waals surface area contributed by atoms with Gasteiger partial charge in [-0.05, 0) is 45.4 Å². The molecule has 0 spiro atoms. The van der Waals surface area contributed by atoms with Gasteiger partial charge in [0.1, 0.15) is 5.67 Å². The first kappa shape index (κ1) is 28.6. The molecule has 2 heterocycles. The SMILES string of the molecule is CC1(C(=O)O)CCC(n2ncc(C(=O)N(C[C@H](O)c3c(Cl)cncc3Cl)CC3(F)CC3)c2C(F)(F)F)CC1. The maximum absolute atomic E-state index is 14.8. The van der Waals surface area contributed by atoms with E-state index in [4.69, 9.17) is 23.2 Å². The number of rotatable bonds is 8. The monoisotopic (exact) mass is 580 g/mol. The molecule has 0 unspecified atom stereocenters. The Labute approximate surface area is 225 Å². The molecule has 2 aliphatic carbocycles. The van der Waals surface area contributed by atoms with Crippen LogP contribution in [0.5, 0.6) is 0 Å². The van der Waals surface area contributed by atoms with Crippen molar-refractivity contribution in [3.05, 3.63) is 45.5 Å². The minimum absolute atomic E-state index is 0.0141. The lowest BCUT2D eigenvalue weighted by molar-refractivity contribution is -0.152. The maximum atomic E-state index is 14.8. The van der Waals surface area contributed by atoms with Crippen LogP contribution in [-0.4, -0.2) is 60.5 Å². The highest BCUT2D eigenvalue weighted by atomic mass is 35.5. The minimum atomic E-state index is -4.98. The highest BCUT2D eigenvalue weighted by Gasteiger charge is 2.48. The summed E-state index contributed by atoms with van der Waals surface area (Å²) in [6, 6.07) is -0.773. The second-order valence-electron chi connectivity index (χ2n) is 10.3. The summed E-state index contributed by atoms with van der Waals surface area (Å²) >= 11 is 12.2. The lowest BCUT2D eigenvalue weighted by Crippen LogP contribution is -2.41. The number of aromatic nitrogens is 3. The summed E-state index contributed by atoms with van der Waals surface area (Å²) < 4.78 is 58.4. The van der Waals surface area contributed by atoms with Gasteiger partial charge in [0.15, 0.2) is 5.69 Å². The van der Waals surface area contributed by atoms with Crippen LogP contribution in [0.1, 0.15) is 79.2 Å². The Morgan fingerprint density at radius 3 is 2.24 bits per heavy atom. The highest BCUT2D eigenvalue weighted by molar-refractivity contribution is 6.35. The number of aliphatic hydroxyl groups excluding tert-OH is 1. The van der Waals surface area contributed by atoms with Gasteiger partial charge in [-0.3, -0.25) is 19.3 Å². The van der Waals surface area contributed by atoms with Gasteiger partial charge in [-0.1, -0.05) is 23.2 Å². The Hall–Kier alpha value is -2.44. The maximum Gasteiger partial charge on any atom is 0.433 e. The lowest BCUT2D eigenvalue weighted by Gasteiger charge is -2.34. The second kappa shape index (κ2) is 10.3. The fourth-order valence-corrected chi connectivity index (χ4v) is 5.46. The molecule has 4 rings (SSSR count). The fraction of sp³-hybridized carbons (Fsp3) is 0.583. The molecule has 1 amide bonds. The van der Waals surface area contributed by atoms with E-state index >= 15 is 0 Å². The van der Waals surface area contributed by atoms with Gasteiger partial charge in [-0.25, -0.2) is 4.39 Å². The summed E-state index contributed by atoms with van der Waals surface area (Å²) in [7, 11) is 0. The number of hydrogen-bond donors (Lipinski definition) is 2. The molecule has 2 N–H and O–H groups in total. The van der Waals surface area contributed by atoms with Crippen molar-refractivity contribution in [1.82, 2.24) is 19.7 Å². The van der Waals surface area contributed by atoms with Gasteiger partial charge in [0, 0.05) is 18.0 Å². The number of pyridine rings is 1. The van der Waals surface area contributed by atoms with E-state index in [1.54, 1.807) is 6.92 Å². The van der Waals surface area contributed by atoms with Crippen LogP contribution in [0.3, 0.4) is 0 Å². The Morgan fingerprint density at radius 2 is 1.74 bits per heavy atom. The van der Waals surface area contributed by atoms with Gasteiger partial charge in [-0.2, -0.15) is 18.3 Å². The van der Waals surface area contributed by atoms with Crippen LogP contribution in [0.4, 0.5) is 17.6 Å². The van der Waals surface area contributed by atoms with Crippen LogP contribution < -0.4 is 0 Å². The molecule has 2 saturated carbocycles. The first-order valence-corrected chi connectivity index (χ1v) is 12.7. The van der Waals surface area contributed by atoms with Crippen LogP contribution >= 0.6 is 23.2 Å². The molecule has 0 bridgehead atoms. The predicted octanol–water partition coefficient (Wildman–Crippen LogP) is 5.49. The van der Waals surface area contributed by atoms with E-state index in [0.29, 0.717) is 0 Å². The summed E-state index contributed by atoms with van der Waals surface area (Å²) in [6.45, 7) is 0.437. The van der Waals surface area contributed by atoms with Gasteiger partial charge in [-0.15, -0.1) is 0 Å². The van der Waals surface area contributed by atoms with Gasteiger partial charge in [0.25, 0.3) is 5.91 Å². The molecule has 1 atom stereocenters. The summed E-state index contributed by atoms with van der Waals surface area (Å²) in [5.74, 6) is -2.17. The molecule has 38 heavy (non-hydrogen) atoms. The van der Waals surface area contributed by atoms with Gasteiger partial charge in [0.05, 0.1) is 52.5 Å². The van der Waals surface area contributed by atoms with Crippen molar-refractivity contribution < 1.29 is 37.4 Å². The molecule has 8 nitrogen and oxygen atoms in total. The molecule has 0 saturated heterocycles. The smallest absolute Gasteiger partial charge is 0.433 e. The number of carbonyl (C=O) groups excluding carboxylic acids is 1. The molecule has 2 aromatic heterocycles. The zero-order valence-corrected chi connectivity index (χ0v) is 21.8. The van der Waals surface area contributed by atoms with E-state index in [9.17, 15) is 37.4 Å². The summed E-state index contributed by atoms with van der Waals surface area (Å²) in [4.78, 5) is 29.6. The van der Waals surface area contributed by atoms with Gasteiger partial charge < -0.3 is 15.1 Å². The van der Waals surface area contributed by atoms with Crippen LogP contribution in [-0.2, 0) is 11.0 Å². The average molecular weight is 581 g/mol. The topological polar surface area (TPSA) is 109 Å². The Bertz CT molecular complexity index is 1210. The predicted molar refractivity (Wildman–Crippen MR) is 129 cm³/mol. The first-order chi connectivity index (χ1) is 17.7. The van der Waals surface area contributed by atoms with Crippen molar-refractivity contribution in [3.63, 3.8) is 0 Å². The summed E-state index contributed by atoms with van der Waals surface area (Å²) in [5.41, 5.74) is -4.90. The van der Waals surface area contributed by atoms with E-state index in [0.717, 1.165) is 15.8 Å². The van der Waals surface area contributed by atoms with Crippen molar-refractivity contribution in [2.75, 3.05) is 13.1 Å². The number of carbonyl (C=O) groups is 2. The van der Waals surface area contributed by atoms with Crippen molar-refractivity contribution in [2.45, 2.75) is 69.4 Å². The Kier molecular flexibility index (Phi) is 7.72. The number of halogens is 6. The Morgan fingerprint density at radius 1 is 1.16 bits per heavy atom. The number of aliphatic carboxylic acids is 1. The number of alkyl halides is 4. The van der Waals surface area contributed by atoms with E-state index in [-0.39, 0.29) is 54.1 Å². The number of amides is 1. The molecular formula is C24H26Cl2F4N4O4. The molecule has 0 radical (unpaired) electrons. The van der Waals surface area contributed by atoms with Crippen LogP contribution in [0.2, 0.25) is 10.0 Å². The Balaban J connectivity index is 1.65. The largest absolute Gasteiger partial charge is 0.481 e. The third-order valence-corrected chi connectivity index (χ3v) is 7.99. The van der Waals surface area contributed by atoms with Crippen LogP contribution in [0.15, 0.2) is 18.6 Å². The number of carboxylic acid groups (broad SMARTS) is 1. The molecule has 2 fully saturated rings. The average Bonchev–Trinajstić information content (AvgIpc) is 3.37. The normalized spacial score (nSPS) is 23.6. The molecule has 0 aromatic carbocycles. The van der Waals surface area contributed by atoms with Crippen molar-refractivity contribution in [1.29, 1.82) is 0 Å². The van der Waals surface area contributed by atoms with Gasteiger partial charge in [0.2, 0.25) is 0 Å². The van der Waals surface area contributed by atoms with Crippen LogP contribution in [0, 0.1) is 5.41 Å². The highest BCUT2D eigenvalue weighted by Crippen LogP contribution is 2.45. The van der Waals surface area contributed by atoms with E-state index in [2.05, 4.69) is 10.1 Å². The number of aliphatic hydroxyl groups is 1. The molecule has 208 valence electrons. The first-order valence-electron chi connectivity index (χ1n) is 12.0. The molecule has 14 heteroatoms. The van der Waals surface area contributed by atoms with E-state index in [1.165, 1.54) is 12.4 Å². The van der Waals surface area contributed by atoms with Crippen molar-refractivity contribution in [3.8, 4) is 0 Å². The van der Waals surface area contributed by atoms with Crippen molar-refractivity contribution in [2.24, 2.45) is 5.41 Å². The van der Waals surface area contributed by atoms with Crippen LogP contribution in [0.25, 0.3) is 0 Å². The number of hydrogen-bond acceptors (Lipinski definition) is 5. The van der Waals surface area contributed by atoms with Crippen molar-refractivity contribution >= 4 is 35.1 Å². The molecular weight excluding hydrogens is 555 g/mol. The zero-order valence-electron chi connectivity index (χ0n) is 20.3.